The largest absolute Gasteiger partial charge is 0.494 e. The average molecular weight is 359 g/mol. The van der Waals surface area contributed by atoms with Gasteiger partial charge in [-0.2, -0.15) is 4.98 Å². The van der Waals surface area contributed by atoms with Gasteiger partial charge in [-0.1, -0.05) is 11.2 Å². The van der Waals surface area contributed by atoms with Gasteiger partial charge in [-0.25, -0.2) is 4.39 Å². The van der Waals surface area contributed by atoms with Gasteiger partial charge in [0.05, 0.1) is 17.9 Å². The fourth-order valence-corrected chi connectivity index (χ4v) is 3.50. The van der Waals surface area contributed by atoms with Crippen molar-refractivity contribution in [3.8, 4) is 16.5 Å². The molecular formula is C17H14FN3O3S. The lowest BCUT2D eigenvalue weighted by Gasteiger charge is -2.16. The first-order valence-electron chi connectivity index (χ1n) is 7.67. The van der Waals surface area contributed by atoms with E-state index in [4.69, 9.17) is 9.26 Å². The number of amides is 1. The molecule has 128 valence electrons. The normalized spacial score (nSPS) is 17.3. The minimum absolute atomic E-state index is 0.106. The van der Waals surface area contributed by atoms with Crippen molar-refractivity contribution in [1.29, 1.82) is 0 Å². The van der Waals surface area contributed by atoms with Crippen molar-refractivity contribution in [1.82, 2.24) is 10.1 Å². The SMILES string of the molecule is COc1ccc(N2CC(c3nc(-c4cccs4)no3)CC2=O)cc1F. The van der Waals surface area contributed by atoms with Gasteiger partial charge < -0.3 is 14.2 Å². The van der Waals surface area contributed by atoms with Crippen LogP contribution in [-0.4, -0.2) is 29.7 Å². The van der Waals surface area contributed by atoms with Gasteiger partial charge in [0.25, 0.3) is 0 Å². The molecule has 1 fully saturated rings. The number of rotatable bonds is 4. The molecule has 25 heavy (non-hydrogen) atoms. The highest BCUT2D eigenvalue weighted by Gasteiger charge is 2.35. The Bertz CT molecular complexity index is 910. The summed E-state index contributed by atoms with van der Waals surface area (Å²) in [4.78, 5) is 19.2. The Balaban J connectivity index is 1.55. The quantitative estimate of drug-likeness (QED) is 0.713. The van der Waals surface area contributed by atoms with Crippen LogP contribution in [0.1, 0.15) is 18.2 Å². The highest BCUT2D eigenvalue weighted by molar-refractivity contribution is 7.13. The van der Waals surface area contributed by atoms with E-state index in [0.29, 0.717) is 23.9 Å². The van der Waals surface area contributed by atoms with E-state index in [9.17, 15) is 9.18 Å². The Hall–Kier alpha value is -2.74. The number of methoxy groups -OCH3 is 1. The molecule has 0 aliphatic carbocycles. The summed E-state index contributed by atoms with van der Waals surface area (Å²) >= 11 is 1.52. The van der Waals surface area contributed by atoms with E-state index >= 15 is 0 Å². The van der Waals surface area contributed by atoms with E-state index in [1.165, 1.54) is 35.5 Å². The van der Waals surface area contributed by atoms with Gasteiger partial charge in [0, 0.05) is 24.7 Å². The second kappa shape index (κ2) is 6.29. The number of thiophene rings is 1. The Morgan fingerprint density at radius 2 is 2.28 bits per heavy atom. The number of hydrogen-bond acceptors (Lipinski definition) is 6. The molecule has 0 saturated carbocycles. The molecule has 3 heterocycles. The molecule has 8 heteroatoms. The topological polar surface area (TPSA) is 68.5 Å². The van der Waals surface area contributed by atoms with E-state index in [2.05, 4.69) is 10.1 Å². The van der Waals surface area contributed by atoms with Crippen molar-refractivity contribution in [2.24, 2.45) is 0 Å². The third kappa shape index (κ3) is 2.89. The first-order valence-corrected chi connectivity index (χ1v) is 8.55. The molecule has 4 rings (SSSR count). The number of anilines is 1. The minimum atomic E-state index is -0.506. The van der Waals surface area contributed by atoms with E-state index in [1.807, 2.05) is 17.5 Å². The van der Waals surface area contributed by atoms with E-state index in [1.54, 1.807) is 6.07 Å². The molecule has 0 N–H and O–H groups in total. The van der Waals surface area contributed by atoms with Gasteiger partial charge in [0.15, 0.2) is 11.6 Å². The third-order valence-electron chi connectivity index (χ3n) is 4.10. The van der Waals surface area contributed by atoms with E-state index in [0.717, 1.165) is 4.88 Å². The maximum absolute atomic E-state index is 13.9. The minimum Gasteiger partial charge on any atom is -0.494 e. The van der Waals surface area contributed by atoms with Crippen molar-refractivity contribution in [3.05, 3.63) is 47.4 Å². The highest BCUT2D eigenvalue weighted by atomic mass is 32.1. The van der Waals surface area contributed by atoms with Crippen LogP contribution in [0.2, 0.25) is 0 Å². The van der Waals surface area contributed by atoms with Gasteiger partial charge in [0.1, 0.15) is 0 Å². The van der Waals surface area contributed by atoms with E-state index in [-0.39, 0.29) is 24.0 Å². The second-order valence-electron chi connectivity index (χ2n) is 5.66. The predicted molar refractivity (Wildman–Crippen MR) is 90.3 cm³/mol. The van der Waals surface area contributed by atoms with Crippen LogP contribution in [0.5, 0.6) is 5.75 Å². The number of ether oxygens (including phenoxy) is 1. The zero-order chi connectivity index (χ0) is 17.4. The molecule has 0 radical (unpaired) electrons. The van der Waals surface area contributed by atoms with Crippen LogP contribution in [0.4, 0.5) is 10.1 Å². The van der Waals surface area contributed by atoms with Gasteiger partial charge in [0.2, 0.25) is 17.6 Å². The monoisotopic (exact) mass is 359 g/mol. The lowest BCUT2D eigenvalue weighted by molar-refractivity contribution is -0.117. The Morgan fingerprint density at radius 3 is 3.00 bits per heavy atom. The number of carbonyl (C=O) groups is 1. The van der Waals surface area contributed by atoms with Crippen LogP contribution in [0.3, 0.4) is 0 Å². The summed E-state index contributed by atoms with van der Waals surface area (Å²) in [6, 6.07) is 8.28. The van der Waals surface area contributed by atoms with Crippen LogP contribution in [0, 0.1) is 5.82 Å². The smallest absolute Gasteiger partial charge is 0.232 e. The lowest BCUT2D eigenvalue weighted by Crippen LogP contribution is -2.24. The zero-order valence-corrected chi connectivity index (χ0v) is 14.1. The number of halogens is 1. The van der Waals surface area contributed by atoms with Crippen molar-refractivity contribution < 1.29 is 18.4 Å². The highest BCUT2D eigenvalue weighted by Crippen LogP contribution is 2.33. The summed E-state index contributed by atoms with van der Waals surface area (Å²) in [5.74, 6) is 0.266. The summed E-state index contributed by atoms with van der Waals surface area (Å²) in [6.07, 6.45) is 0.250. The first kappa shape index (κ1) is 15.8. The summed E-state index contributed by atoms with van der Waals surface area (Å²) in [6.45, 7) is 0.372. The molecule has 1 saturated heterocycles. The average Bonchev–Trinajstić information content (AvgIpc) is 3.34. The number of carbonyl (C=O) groups excluding carboxylic acids is 1. The number of hydrogen-bond donors (Lipinski definition) is 0. The lowest BCUT2D eigenvalue weighted by atomic mass is 10.1. The molecule has 1 atom stereocenters. The van der Waals surface area contributed by atoms with Crippen molar-refractivity contribution in [2.45, 2.75) is 12.3 Å². The molecule has 0 bridgehead atoms. The Labute approximate surface area is 146 Å². The molecule has 1 aliphatic heterocycles. The first-order chi connectivity index (χ1) is 12.2. The molecule has 1 aliphatic rings. The van der Waals surface area contributed by atoms with Gasteiger partial charge >= 0.3 is 0 Å². The fraction of sp³-hybridized carbons (Fsp3) is 0.235. The second-order valence-corrected chi connectivity index (χ2v) is 6.61. The molecule has 6 nitrogen and oxygen atoms in total. The van der Waals surface area contributed by atoms with E-state index < -0.39 is 5.82 Å². The standard InChI is InChI=1S/C17H14FN3O3S/c1-23-13-5-4-11(8-12(13)18)21-9-10(7-15(21)22)17-19-16(20-24-17)14-3-2-6-25-14/h2-6,8,10H,7,9H2,1H3. The summed E-state index contributed by atoms with van der Waals surface area (Å²) in [7, 11) is 1.40. The Morgan fingerprint density at radius 1 is 1.40 bits per heavy atom. The summed E-state index contributed by atoms with van der Waals surface area (Å²) in [5, 5.41) is 5.92. The van der Waals surface area contributed by atoms with Gasteiger partial charge in [-0.15, -0.1) is 11.3 Å². The molecule has 3 aromatic rings. The van der Waals surface area contributed by atoms with Crippen molar-refractivity contribution >= 4 is 22.9 Å². The molecular weight excluding hydrogens is 345 g/mol. The fourth-order valence-electron chi connectivity index (χ4n) is 2.85. The third-order valence-corrected chi connectivity index (χ3v) is 4.97. The molecule has 1 unspecified atom stereocenters. The zero-order valence-electron chi connectivity index (χ0n) is 13.3. The Kier molecular flexibility index (Phi) is 3.96. The molecule has 0 spiro atoms. The van der Waals surface area contributed by atoms with Crippen LogP contribution in [0.25, 0.3) is 10.7 Å². The van der Waals surface area contributed by atoms with Crippen LogP contribution < -0.4 is 9.64 Å². The van der Waals surface area contributed by atoms with Crippen molar-refractivity contribution in [2.75, 3.05) is 18.6 Å². The molecule has 1 amide bonds. The number of benzene rings is 1. The van der Waals surface area contributed by atoms with Gasteiger partial charge in [-0.05, 0) is 23.6 Å². The summed E-state index contributed by atoms with van der Waals surface area (Å²) in [5.41, 5.74) is 0.490. The number of aromatic nitrogens is 2. The van der Waals surface area contributed by atoms with Crippen LogP contribution in [-0.2, 0) is 4.79 Å². The maximum Gasteiger partial charge on any atom is 0.232 e. The van der Waals surface area contributed by atoms with Crippen LogP contribution >= 0.6 is 11.3 Å². The predicted octanol–water partition coefficient (Wildman–Crippen LogP) is 3.47. The molecule has 1 aromatic carbocycles. The van der Waals surface area contributed by atoms with Crippen LogP contribution in [0.15, 0.2) is 40.2 Å². The summed E-state index contributed by atoms with van der Waals surface area (Å²) < 4.78 is 24.2. The molecule has 2 aromatic heterocycles. The van der Waals surface area contributed by atoms with Gasteiger partial charge in [-0.3, -0.25) is 4.79 Å². The van der Waals surface area contributed by atoms with Crippen molar-refractivity contribution in [3.63, 3.8) is 0 Å². The maximum atomic E-state index is 13.9. The number of nitrogens with zero attached hydrogens (tertiary/aromatic N) is 3.